The van der Waals surface area contributed by atoms with Crippen molar-refractivity contribution in [2.24, 2.45) is 0 Å². The van der Waals surface area contributed by atoms with Crippen LogP contribution in [-0.4, -0.2) is 47.0 Å². The number of aromatic nitrogens is 2. The standard InChI is InChI=1S/C15H15N5OS/c1-11-2-3-13(22-11)15(21)20-6-4-19(5-7-20)14-10-17-12(8-16)9-18-14/h2-3,9-10H,4-7H2,1H3. The third-order valence-corrected chi connectivity index (χ3v) is 4.58. The maximum absolute atomic E-state index is 12.4. The molecule has 0 N–H and O–H groups in total. The zero-order valence-corrected chi connectivity index (χ0v) is 13.0. The SMILES string of the molecule is Cc1ccc(C(=O)N2CCN(c3cnc(C#N)cn3)CC2)s1. The molecule has 2 aromatic heterocycles. The van der Waals surface area contributed by atoms with Crippen molar-refractivity contribution < 1.29 is 4.79 Å². The van der Waals surface area contributed by atoms with Crippen molar-refractivity contribution in [3.8, 4) is 6.07 Å². The molecule has 1 fully saturated rings. The number of aryl methyl sites for hydroxylation is 1. The molecule has 2 aromatic rings. The zero-order valence-electron chi connectivity index (χ0n) is 12.2. The Labute approximate surface area is 132 Å². The summed E-state index contributed by atoms with van der Waals surface area (Å²) in [6.45, 7) is 4.77. The Hall–Kier alpha value is -2.46. The van der Waals surface area contributed by atoms with Crippen LogP contribution < -0.4 is 4.90 Å². The molecular formula is C15H15N5OS. The second-order valence-electron chi connectivity index (χ2n) is 5.06. The summed E-state index contributed by atoms with van der Waals surface area (Å²) in [5.41, 5.74) is 0.311. The molecule has 1 aliphatic heterocycles. The van der Waals surface area contributed by atoms with E-state index < -0.39 is 0 Å². The topological polar surface area (TPSA) is 73.1 Å². The van der Waals surface area contributed by atoms with Gasteiger partial charge in [0.1, 0.15) is 11.9 Å². The van der Waals surface area contributed by atoms with E-state index in [1.165, 1.54) is 17.5 Å². The zero-order chi connectivity index (χ0) is 15.5. The Morgan fingerprint density at radius 3 is 2.55 bits per heavy atom. The van der Waals surface area contributed by atoms with Gasteiger partial charge in [-0.25, -0.2) is 9.97 Å². The highest BCUT2D eigenvalue weighted by atomic mass is 32.1. The summed E-state index contributed by atoms with van der Waals surface area (Å²) in [5.74, 6) is 0.849. The molecule has 6 nitrogen and oxygen atoms in total. The Balaban J connectivity index is 1.62. The first-order valence-corrected chi connectivity index (χ1v) is 7.82. The van der Waals surface area contributed by atoms with Gasteiger partial charge in [-0.3, -0.25) is 4.79 Å². The first-order valence-electron chi connectivity index (χ1n) is 7.00. The summed E-state index contributed by atoms with van der Waals surface area (Å²) in [6.07, 6.45) is 3.08. The van der Waals surface area contributed by atoms with Crippen molar-refractivity contribution in [2.45, 2.75) is 6.92 Å². The van der Waals surface area contributed by atoms with E-state index in [0.29, 0.717) is 18.8 Å². The van der Waals surface area contributed by atoms with Gasteiger partial charge >= 0.3 is 0 Å². The lowest BCUT2D eigenvalue weighted by Gasteiger charge is -2.35. The number of carbonyl (C=O) groups excluding carboxylic acids is 1. The van der Waals surface area contributed by atoms with Gasteiger partial charge in [0.05, 0.1) is 17.3 Å². The summed E-state index contributed by atoms with van der Waals surface area (Å²) in [7, 11) is 0. The van der Waals surface area contributed by atoms with Gasteiger partial charge in [0, 0.05) is 31.1 Å². The molecule has 0 spiro atoms. The maximum atomic E-state index is 12.4. The highest BCUT2D eigenvalue weighted by Crippen LogP contribution is 2.19. The van der Waals surface area contributed by atoms with Crippen molar-refractivity contribution >= 4 is 23.1 Å². The molecule has 0 aliphatic carbocycles. The fraction of sp³-hybridized carbons (Fsp3) is 0.333. The van der Waals surface area contributed by atoms with Crippen LogP contribution >= 0.6 is 11.3 Å². The van der Waals surface area contributed by atoms with Gasteiger partial charge in [0.2, 0.25) is 0 Å². The number of piperazine rings is 1. The van der Waals surface area contributed by atoms with Crippen molar-refractivity contribution in [3.05, 3.63) is 40.0 Å². The van der Waals surface area contributed by atoms with E-state index in [9.17, 15) is 4.79 Å². The third kappa shape index (κ3) is 2.92. The van der Waals surface area contributed by atoms with E-state index in [0.717, 1.165) is 28.7 Å². The van der Waals surface area contributed by atoms with Crippen molar-refractivity contribution in [1.29, 1.82) is 5.26 Å². The lowest BCUT2D eigenvalue weighted by molar-refractivity contribution is 0.0751. The van der Waals surface area contributed by atoms with E-state index in [4.69, 9.17) is 5.26 Å². The van der Waals surface area contributed by atoms with E-state index in [2.05, 4.69) is 14.9 Å². The molecule has 0 unspecified atom stereocenters. The monoisotopic (exact) mass is 313 g/mol. The summed E-state index contributed by atoms with van der Waals surface area (Å²) >= 11 is 1.53. The van der Waals surface area contributed by atoms with E-state index in [-0.39, 0.29) is 5.91 Å². The number of amides is 1. The predicted octanol–water partition coefficient (Wildman–Crippen LogP) is 1.68. The van der Waals surface area contributed by atoms with Crippen LogP contribution in [0.4, 0.5) is 5.82 Å². The molecule has 3 heterocycles. The Kier molecular flexibility index (Phi) is 4.02. The van der Waals surface area contributed by atoms with Crippen LogP contribution in [0.3, 0.4) is 0 Å². The second kappa shape index (κ2) is 6.12. The van der Waals surface area contributed by atoms with Gasteiger partial charge in [-0.15, -0.1) is 11.3 Å². The maximum Gasteiger partial charge on any atom is 0.264 e. The third-order valence-electron chi connectivity index (χ3n) is 3.59. The van der Waals surface area contributed by atoms with Gasteiger partial charge in [-0.2, -0.15) is 5.26 Å². The Bertz CT molecular complexity index is 710. The van der Waals surface area contributed by atoms with Gasteiger partial charge in [0.25, 0.3) is 5.91 Å². The number of anilines is 1. The number of carbonyl (C=O) groups is 1. The molecule has 0 bridgehead atoms. The van der Waals surface area contributed by atoms with Crippen molar-refractivity contribution in [2.75, 3.05) is 31.1 Å². The van der Waals surface area contributed by atoms with Crippen molar-refractivity contribution in [1.82, 2.24) is 14.9 Å². The molecule has 22 heavy (non-hydrogen) atoms. The molecular weight excluding hydrogens is 298 g/mol. The minimum Gasteiger partial charge on any atom is -0.352 e. The number of rotatable bonds is 2. The largest absolute Gasteiger partial charge is 0.352 e. The number of nitriles is 1. The molecule has 1 saturated heterocycles. The average molecular weight is 313 g/mol. The van der Waals surface area contributed by atoms with E-state index >= 15 is 0 Å². The molecule has 112 valence electrons. The van der Waals surface area contributed by atoms with Crippen LogP contribution in [0.5, 0.6) is 0 Å². The normalized spacial score (nSPS) is 14.7. The van der Waals surface area contributed by atoms with Crippen molar-refractivity contribution in [3.63, 3.8) is 0 Å². The van der Waals surface area contributed by atoms with Crippen LogP contribution in [0.1, 0.15) is 20.2 Å². The average Bonchev–Trinajstić information content (AvgIpc) is 3.01. The smallest absolute Gasteiger partial charge is 0.264 e. The fourth-order valence-electron chi connectivity index (χ4n) is 2.39. The second-order valence-corrected chi connectivity index (χ2v) is 6.35. The fourth-order valence-corrected chi connectivity index (χ4v) is 3.22. The predicted molar refractivity (Wildman–Crippen MR) is 83.9 cm³/mol. The summed E-state index contributed by atoms with van der Waals surface area (Å²) in [6, 6.07) is 5.82. The molecule has 1 amide bonds. The molecule has 0 aromatic carbocycles. The van der Waals surface area contributed by atoms with Crippen LogP contribution in [0, 0.1) is 18.3 Å². The number of nitrogens with zero attached hydrogens (tertiary/aromatic N) is 5. The van der Waals surface area contributed by atoms with E-state index in [1.54, 1.807) is 6.20 Å². The lowest BCUT2D eigenvalue weighted by Crippen LogP contribution is -2.48. The summed E-state index contributed by atoms with van der Waals surface area (Å²) in [5, 5.41) is 8.74. The lowest BCUT2D eigenvalue weighted by atomic mass is 10.3. The first kappa shape index (κ1) is 14.5. The molecule has 3 rings (SSSR count). The van der Waals surface area contributed by atoms with Crippen LogP contribution in [0.25, 0.3) is 0 Å². The quantitative estimate of drug-likeness (QED) is 0.843. The number of hydrogen-bond acceptors (Lipinski definition) is 6. The molecule has 0 radical (unpaired) electrons. The number of hydrogen-bond donors (Lipinski definition) is 0. The Morgan fingerprint density at radius 2 is 2.00 bits per heavy atom. The Morgan fingerprint density at radius 1 is 1.23 bits per heavy atom. The minimum absolute atomic E-state index is 0.101. The minimum atomic E-state index is 0.101. The first-order chi connectivity index (χ1) is 10.7. The van der Waals surface area contributed by atoms with E-state index in [1.807, 2.05) is 30.0 Å². The highest BCUT2D eigenvalue weighted by molar-refractivity contribution is 7.13. The van der Waals surface area contributed by atoms with Crippen LogP contribution in [0.2, 0.25) is 0 Å². The molecule has 1 aliphatic rings. The van der Waals surface area contributed by atoms with Gasteiger partial charge in [-0.05, 0) is 19.1 Å². The number of thiophene rings is 1. The molecule has 0 atom stereocenters. The summed E-state index contributed by atoms with van der Waals surface area (Å²) in [4.78, 5) is 26.6. The van der Waals surface area contributed by atoms with Crippen LogP contribution in [0.15, 0.2) is 24.5 Å². The van der Waals surface area contributed by atoms with Gasteiger partial charge in [0.15, 0.2) is 5.69 Å². The van der Waals surface area contributed by atoms with Crippen LogP contribution in [-0.2, 0) is 0 Å². The van der Waals surface area contributed by atoms with Gasteiger partial charge < -0.3 is 9.80 Å². The summed E-state index contributed by atoms with van der Waals surface area (Å²) < 4.78 is 0. The highest BCUT2D eigenvalue weighted by Gasteiger charge is 2.23. The van der Waals surface area contributed by atoms with Gasteiger partial charge in [-0.1, -0.05) is 0 Å². The molecule has 0 saturated carbocycles. The molecule has 7 heteroatoms.